The number of urea groups is 1. The average molecular weight is 289 g/mol. The van der Waals surface area contributed by atoms with Crippen molar-refractivity contribution < 1.29 is 14.7 Å². The van der Waals surface area contributed by atoms with E-state index in [9.17, 15) is 14.7 Å². The first-order valence-electron chi connectivity index (χ1n) is 6.23. The molecule has 1 aromatic heterocycles. The fraction of sp³-hybridized carbons (Fsp3) is 0.231. The molecule has 110 valence electrons. The lowest BCUT2D eigenvalue weighted by atomic mass is 10.1. The summed E-state index contributed by atoms with van der Waals surface area (Å²) in [7, 11) is 1.71. The number of nitrogens with one attached hydrogen (secondary N) is 2. The molecule has 3 N–H and O–H groups in total. The molecule has 21 heavy (non-hydrogen) atoms. The molecular formula is C13H15N5O3. The van der Waals surface area contributed by atoms with E-state index in [4.69, 9.17) is 0 Å². The first kappa shape index (κ1) is 14.5. The van der Waals surface area contributed by atoms with Crippen LogP contribution in [0, 0.1) is 0 Å². The number of carbonyl (C=O) groups excluding carboxylic acids is 1. The number of carbonyl (C=O) groups is 2. The smallest absolute Gasteiger partial charge is 0.330 e. The number of hydrogen-bond acceptors (Lipinski definition) is 4. The van der Waals surface area contributed by atoms with Crippen LogP contribution in [-0.4, -0.2) is 31.9 Å². The third kappa shape index (κ3) is 4.03. The van der Waals surface area contributed by atoms with E-state index in [1.165, 1.54) is 11.0 Å². The third-order valence-corrected chi connectivity index (χ3v) is 2.71. The summed E-state index contributed by atoms with van der Waals surface area (Å²) in [5, 5.41) is 18.1. The number of amides is 2. The summed E-state index contributed by atoms with van der Waals surface area (Å²) in [6.07, 6.45) is 1.51. The number of hydrogen-bond donors (Lipinski definition) is 3. The highest BCUT2D eigenvalue weighted by Gasteiger charge is 2.21. The molecule has 1 aromatic carbocycles. The van der Waals surface area contributed by atoms with Gasteiger partial charge in [-0.05, 0) is 5.56 Å². The quantitative estimate of drug-likeness (QED) is 0.740. The monoisotopic (exact) mass is 289 g/mol. The second-order valence-corrected chi connectivity index (χ2v) is 4.34. The Hall–Kier alpha value is -2.90. The molecule has 0 radical (unpaired) electrons. The molecule has 0 aliphatic heterocycles. The lowest BCUT2D eigenvalue weighted by Crippen LogP contribution is -2.40. The number of carboxylic acid groups (broad SMARTS) is 1. The summed E-state index contributed by atoms with van der Waals surface area (Å²) in [5.74, 6) is -0.688. The van der Waals surface area contributed by atoms with Crippen molar-refractivity contribution in [2.45, 2.75) is 12.6 Å². The molecular weight excluding hydrogens is 274 g/mol. The highest BCUT2D eigenvalue weighted by Crippen LogP contribution is 2.12. The van der Waals surface area contributed by atoms with Crippen LogP contribution in [-0.2, 0) is 18.4 Å². The molecule has 1 atom stereocenters. The molecule has 0 spiro atoms. The zero-order valence-corrected chi connectivity index (χ0v) is 11.4. The second kappa shape index (κ2) is 6.51. The van der Waals surface area contributed by atoms with E-state index < -0.39 is 18.0 Å². The van der Waals surface area contributed by atoms with Gasteiger partial charge in [0.25, 0.3) is 0 Å². The van der Waals surface area contributed by atoms with Gasteiger partial charge in [0.2, 0.25) is 0 Å². The van der Waals surface area contributed by atoms with Crippen LogP contribution in [0.25, 0.3) is 0 Å². The molecule has 0 bridgehead atoms. The van der Waals surface area contributed by atoms with Gasteiger partial charge < -0.3 is 15.7 Å². The van der Waals surface area contributed by atoms with Gasteiger partial charge in [0.05, 0.1) is 6.54 Å². The zero-order chi connectivity index (χ0) is 15.2. The van der Waals surface area contributed by atoms with Gasteiger partial charge in [-0.3, -0.25) is 4.68 Å². The molecule has 2 amide bonds. The summed E-state index contributed by atoms with van der Waals surface area (Å²) in [6, 6.07) is 6.76. The number of aliphatic carboxylic acids is 1. The zero-order valence-electron chi connectivity index (χ0n) is 11.4. The summed E-state index contributed by atoms with van der Waals surface area (Å²) < 4.78 is 1.51. The molecule has 0 aliphatic rings. The highest BCUT2D eigenvalue weighted by molar-refractivity contribution is 5.83. The van der Waals surface area contributed by atoms with Crippen LogP contribution in [0.5, 0.6) is 0 Å². The highest BCUT2D eigenvalue weighted by atomic mass is 16.4. The molecule has 0 aliphatic carbocycles. The van der Waals surface area contributed by atoms with Crippen molar-refractivity contribution in [3.8, 4) is 0 Å². The summed E-state index contributed by atoms with van der Waals surface area (Å²) in [4.78, 5) is 27.0. The summed E-state index contributed by atoms with van der Waals surface area (Å²) in [5.41, 5.74) is 0.496. The Kier molecular flexibility index (Phi) is 4.50. The number of benzene rings is 1. The van der Waals surface area contributed by atoms with Crippen LogP contribution in [0.3, 0.4) is 0 Å². The van der Waals surface area contributed by atoms with Gasteiger partial charge in [0.1, 0.15) is 6.33 Å². The van der Waals surface area contributed by atoms with Crippen LogP contribution < -0.4 is 10.6 Å². The molecule has 8 nitrogen and oxygen atoms in total. The van der Waals surface area contributed by atoms with E-state index in [-0.39, 0.29) is 6.54 Å². The third-order valence-electron chi connectivity index (χ3n) is 2.71. The Morgan fingerprint density at radius 3 is 2.62 bits per heavy atom. The molecule has 0 saturated carbocycles. The number of nitrogens with zero attached hydrogens (tertiary/aromatic N) is 3. The van der Waals surface area contributed by atoms with Crippen LogP contribution >= 0.6 is 0 Å². The van der Waals surface area contributed by atoms with E-state index in [0.29, 0.717) is 11.4 Å². The van der Waals surface area contributed by atoms with Crippen LogP contribution in [0.1, 0.15) is 17.4 Å². The summed E-state index contributed by atoms with van der Waals surface area (Å²) >= 11 is 0. The normalized spacial score (nSPS) is 11.7. The Balaban J connectivity index is 1.94. The predicted molar refractivity (Wildman–Crippen MR) is 73.2 cm³/mol. The van der Waals surface area contributed by atoms with Gasteiger partial charge in [0, 0.05) is 7.05 Å². The lowest BCUT2D eigenvalue weighted by Gasteiger charge is -2.15. The minimum Gasteiger partial charge on any atom is -0.479 e. The number of carboxylic acids is 1. The van der Waals surface area contributed by atoms with Gasteiger partial charge in [-0.25, -0.2) is 14.6 Å². The van der Waals surface area contributed by atoms with Gasteiger partial charge in [-0.1, -0.05) is 30.3 Å². The van der Waals surface area contributed by atoms with E-state index in [2.05, 4.69) is 20.7 Å². The van der Waals surface area contributed by atoms with Crippen molar-refractivity contribution in [2.75, 3.05) is 0 Å². The van der Waals surface area contributed by atoms with E-state index in [1.54, 1.807) is 37.4 Å². The van der Waals surface area contributed by atoms with Crippen molar-refractivity contribution in [1.29, 1.82) is 0 Å². The molecule has 0 unspecified atom stereocenters. The maximum atomic E-state index is 11.8. The van der Waals surface area contributed by atoms with Crippen LogP contribution in [0.4, 0.5) is 4.79 Å². The van der Waals surface area contributed by atoms with Gasteiger partial charge in [0.15, 0.2) is 11.9 Å². The summed E-state index contributed by atoms with van der Waals surface area (Å²) in [6.45, 7) is 0.119. The van der Waals surface area contributed by atoms with Crippen LogP contribution in [0.15, 0.2) is 36.7 Å². The Morgan fingerprint density at radius 2 is 2.05 bits per heavy atom. The maximum Gasteiger partial charge on any atom is 0.330 e. The standard InChI is InChI=1S/C13H15N5O3/c1-18-8-15-10(17-18)7-14-13(21)16-11(12(19)20)9-5-3-2-4-6-9/h2-6,8,11H,7H2,1H3,(H,19,20)(H2,14,16,21)/t11-/m1/s1. The first-order valence-corrected chi connectivity index (χ1v) is 6.23. The van der Waals surface area contributed by atoms with E-state index >= 15 is 0 Å². The maximum absolute atomic E-state index is 11.8. The fourth-order valence-electron chi connectivity index (χ4n) is 1.74. The number of aryl methyl sites for hydroxylation is 1. The van der Waals surface area contributed by atoms with E-state index in [0.717, 1.165) is 0 Å². The topological polar surface area (TPSA) is 109 Å². The molecule has 1 heterocycles. The second-order valence-electron chi connectivity index (χ2n) is 4.34. The Labute approximate surface area is 120 Å². The number of aromatic nitrogens is 3. The van der Waals surface area contributed by atoms with E-state index in [1.807, 2.05) is 0 Å². The minimum absolute atomic E-state index is 0.119. The predicted octanol–water partition coefficient (Wildman–Crippen LogP) is 0.440. The lowest BCUT2D eigenvalue weighted by molar-refractivity contribution is -0.139. The number of rotatable bonds is 5. The van der Waals surface area contributed by atoms with Crippen molar-refractivity contribution in [3.05, 3.63) is 48.0 Å². The van der Waals surface area contributed by atoms with Gasteiger partial charge in [-0.15, -0.1) is 0 Å². The van der Waals surface area contributed by atoms with Crippen molar-refractivity contribution in [1.82, 2.24) is 25.4 Å². The van der Waals surface area contributed by atoms with Gasteiger partial charge >= 0.3 is 12.0 Å². The van der Waals surface area contributed by atoms with Gasteiger partial charge in [-0.2, -0.15) is 5.10 Å². The largest absolute Gasteiger partial charge is 0.479 e. The molecule has 2 aromatic rings. The molecule has 8 heteroatoms. The van der Waals surface area contributed by atoms with Crippen molar-refractivity contribution in [2.24, 2.45) is 7.05 Å². The first-order chi connectivity index (χ1) is 10.1. The molecule has 0 fully saturated rings. The molecule has 0 saturated heterocycles. The Morgan fingerprint density at radius 1 is 1.33 bits per heavy atom. The Bertz CT molecular complexity index is 626. The fourth-order valence-corrected chi connectivity index (χ4v) is 1.74. The van der Waals surface area contributed by atoms with Crippen molar-refractivity contribution >= 4 is 12.0 Å². The van der Waals surface area contributed by atoms with Crippen LogP contribution in [0.2, 0.25) is 0 Å². The minimum atomic E-state index is -1.13. The van der Waals surface area contributed by atoms with Crippen molar-refractivity contribution in [3.63, 3.8) is 0 Å². The SMILES string of the molecule is Cn1cnc(CNC(=O)N[C@@H](C(=O)O)c2ccccc2)n1. The molecule has 2 rings (SSSR count). The average Bonchev–Trinajstić information content (AvgIpc) is 2.89.